The Morgan fingerprint density at radius 3 is 2.50 bits per heavy atom. The molecule has 0 aliphatic carbocycles. The summed E-state index contributed by atoms with van der Waals surface area (Å²) in [5, 5.41) is 0. The van der Waals surface area contributed by atoms with Crippen LogP contribution in [0, 0.1) is 0 Å². The van der Waals surface area contributed by atoms with Crippen molar-refractivity contribution in [3.05, 3.63) is 0 Å². The smallest absolute Gasteiger partial charge is 0.244 e. The molecule has 0 atom stereocenters. The Morgan fingerprint density at radius 1 is 2.00 bits per heavy atom. The molecule has 0 fully saturated rings. The van der Waals surface area contributed by atoms with Crippen molar-refractivity contribution in [3.8, 4) is 0 Å². The van der Waals surface area contributed by atoms with E-state index < -0.39 is 0 Å². The van der Waals surface area contributed by atoms with Crippen LogP contribution in [0.25, 0.3) is 0 Å². The van der Waals surface area contributed by atoms with Crippen molar-refractivity contribution in [1.29, 1.82) is 0 Å². The number of carbonyl (C=O) groups is 1. The van der Waals surface area contributed by atoms with Gasteiger partial charge in [-0.1, -0.05) is 22.6 Å². The largest absolute Gasteiger partial charge is 0.273 e. The standard InChI is InChI=1S/C2H3ClINO/c3-5-2(6)1-4/h1H2,(H,5,6). The average molecular weight is 219 g/mol. The third kappa shape index (κ3) is 2.71. The SMILES string of the molecule is O=C(CI)NCl. The molecule has 4 heteroatoms. The third-order valence-electron chi connectivity index (χ3n) is 0.227. The topological polar surface area (TPSA) is 29.1 Å². The van der Waals surface area contributed by atoms with E-state index in [1.165, 1.54) is 0 Å². The number of halogens is 2. The van der Waals surface area contributed by atoms with Gasteiger partial charge in [-0.2, -0.15) is 0 Å². The van der Waals surface area contributed by atoms with Crippen LogP contribution in [-0.4, -0.2) is 10.3 Å². The highest BCUT2D eigenvalue weighted by atomic mass is 127. The van der Waals surface area contributed by atoms with Crippen molar-refractivity contribution in [1.82, 2.24) is 4.84 Å². The highest BCUT2D eigenvalue weighted by Crippen LogP contribution is 1.78. The lowest BCUT2D eigenvalue weighted by molar-refractivity contribution is -0.116. The van der Waals surface area contributed by atoms with Crippen LogP contribution in [0.5, 0.6) is 0 Å². The molecule has 0 spiro atoms. The van der Waals surface area contributed by atoms with Crippen molar-refractivity contribution in [2.75, 3.05) is 4.43 Å². The predicted molar refractivity (Wildman–Crippen MR) is 32.9 cm³/mol. The zero-order valence-corrected chi connectivity index (χ0v) is 5.78. The summed E-state index contributed by atoms with van der Waals surface area (Å²) < 4.78 is 0.418. The van der Waals surface area contributed by atoms with E-state index in [9.17, 15) is 4.79 Å². The number of rotatable bonds is 1. The zero-order valence-electron chi connectivity index (χ0n) is 2.87. The lowest BCUT2D eigenvalue weighted by Crippen LogP contribution is -2.12. The van der Waals surface area contributed by atoms with Gasteiger partial charge in [-0.25, -0.2) is 0 Å². The first-order valence-corrected chi connectivity index (χ1v) is 3.17. The second kappa shape index (κ2) is 3.67. The summed E-state index contributed by atoms with van der Waals surface area (Å²) >= 11 is 6.76. The molecule has 0 aromatic carbocycles. The van der Waals surface area contributed by atoms with Crippen LogP contribution in [0.1, 0.15) is 0 Å². The molecule has 0 aromatic heterocycles. The maximum atomic E-state index is 9.93. The van der Waals surface area contributed by atoms with E-state index >= 15 is 0 Å². The highest BCUT2D eigenvalue weighted by Gasteiger charge is 1.88. The van der Waals surface area contributed by atoms with Crippen LogP contribution >= 0.6 is 34.4 Å². The molecule has 1 amide bonds. The van der Waals surface area contributed by atoms with E-state index in [0.717, 1.165) is 0 Å². The molecule has 36 valence electrons. The second-order valence-electron chi connectivity index (χ2n) is 0.651. The van der Waals surface area contributed by atoms with Crippen molar-refractivity contribution >= 4 is 40.3 Å². The van der Waals surface area contributed by atoms with Gasteiger partial charge in [-0.15, -0.1) is 0 Å². The quantitative estimate of drug-likeness (QED) is 0.392. The first kappa shape index (κ1) is 6.49. The summed E-state index contributed by atoms with van der Waals surface area (Å²) in [6.45, 7) is 0. The third-order valence-corrected chi connectivity index (χ3v) is 1.13. The Morgan fingerprint density at radius 2 is 2.50 bits per heavy atom. The van der Waals surface area contributed by atoms with E-state index in [2.05, 4.69) is 0 Å². The monoisotopic (exact) mass is 219 g/mol. The molecular weight excluding hydrogens is 216 g/mol. The van der Waals surface area contributed by atoms with Crippen LogP contribution in [0.15, 0.2) is 0 Å². The van der Waals surface area contributed by atoms with Gasteiger partial charge < -0.3 is 0 Å². The van der Waals surface area contributed by atoms with E-state index in [4.69, 9.17) is 11.8 Å². The minimum absolute atomic E-state index is 0.155. The lowest BCUT2D eigenvalue weighted by atomic mass is 10.8. The molecule has 0 saturated carbocycles. The fourth-order valence-corrected chi connectivity index (χ4v) is 0.508. The summed E-state index contributed by atoms with van der Waals surface area (Å²) in [6, 6.07) is 0. The van der Waals surface area contributed by atoms with Gasteiger partial charge in [-0.3, -0.25) is 9.63 Å². The predicted octanol–water partition coefficient (Wildman–Crippen LogP) is 0.691. The Balaban J connectivity index is 2.99. The van der Waals surface area contributed by atoms with Gasteiger partial charge in [0.15, 0.2) is 0 Å². The Labute approximate surface area is 54.5 Å². The van der Waals surface area contributed by atoms with Crippen molar-refractivity contribution < 1.29 is 4.79 Å². The summed E-state index contributed by atoms with van der Waals surface area (Å²) in [7, 11) is 0. The van der Waals surface area contributed by atoms with Crippen LogP contribution in [0.4, 0.5) is 0 Å². The summed E-state index contributed by atoms with van der Waals surface area (Å²) in [4.78, 5) is 11.9. The lowest BCUT2D eigenvalue weighted by Gasteiger charge is -1.82. The molecule has 0 rings (SSSR count). The Bertz CT molecular complexity index is 51.5. The summed E-state index contributed by atoms with van der Waals surface area (Å²) in [6.07, 6.45) is 0. The van der Waals surface area contributed by atoms with Gasteiger partial charge in [0.25, 0.3) is 0 Å². The Hall–Kier alpha value is 0.490. The van der Waals surface area contributed by atoms with Crippen molar-refractivity contribution in [2.45, 2.75) is 0 Å². The van der Waals surface area contributed by atoms with Gasteiger partial charge in [0.2, 0.25) is 5.91 Å². The molecule has 2 nitrogen and oxygen atoms in total. The Kier molecular flexibility index (Phi) is 3.97. The number of carbonyl (C=O) groups excluding carboxylic acids is 1. The maximum absolute atomic E-state index is 9.93. The van der Waals surface area contributed by atoms with Gasteiger partial charge >= 0.3 is 0 Å². The van der Waals surface area contributed by atoms with Gasteiger partial charge in [0, 0.05) is 11.8 Å². The molecule has 0 radical (unpaired) electrons. The van der Waals surface area contributed by atoms with Crippen LogP contribution in [-0.2, 0) is 4.79 Å². The summed E-state index contributed by atoms with van der Waals surface area (Å²) in [5.41, 5.74) is 0. The van der Waals surface area contributed by atoms with Gasteiger partial charge in [0.1, 0.15) is 0 Å². The number of hydrogen-bond donors (Lipinski definition) is 1. The highest BCUT2D eigenvalue weighted by molar-refractivity contribution is 14.1. The van der Waals surface area contributed by atoms with Crippen LogP contribution in [0.3, 0.4) is 0 Å². The molecule has 0 aliphatic rings. The summed E-state index contributed by atoms with van der Waals surface area (Å²) in [5.74, 6) is -0.155. The fourth-order valence-electron chi connectivity index (χ4n) is 0.0253. The first-order chi connectivity index (χ1) is 2.81. The van der Waals surface area contributed by atoms with E-state index in [1.807, 2.05) is 27.4 Å². The van der Waals surface area contributed by atoms with Gasteiger partial charge in [0.05, 0.1) is 4.43 Å². The minimum Gasteiger partial charge on any atom is -0.273 e. The van der Waals surface area contributed by atoms with Crippen LogP contribution in [0.2, 0.25) is 0 Å². The molecule has 0 unspecified atom stereocenters. The normalized spacial score (nSPS) is 7.67. The number of nitrogens with one attached hydrogen (secondary N) is 1. The van der Waals surface area contributed by atoms with E-state index in [-0.39, 0.29) is 5.91 Å². The molecule has 0 saturated heterocycles. The molecule has 0 heterocycles. The number of hydrogen-bond acceptors (Lipinski definition) is 1. The molecule has 0 aromatic rings. The van der Waals surface area contributed by atoms with E-state index in [0.29, 0.717) is 4.43 Å². The average Bonchev–Trinajstić information content (AvgIpc) is 1.65. The molecule has 0 bridgehead atoms. The second-order valence-corrected chi connectivity index (χ2v) is 1.60. The van der Waals surface area contributed by atoms with Gasteiger partial charge in [-0.05, 0) is 0 Å². The molecule has 1 N–H and O–H groups in total. The molecule has 0 aliphatic heterocycles. The molecule has 6 heavy (non-hydrogen) atoms. The fraction of sp³-hybridized carbons (Fsp3) is 0.500. The molecular formula is C2H3ClINO. The van der Waals surface area contributed by atoms with Crippen LogP contribution < -0.4 is 4.84 Å². The minimum atomic E-state index is -0.155. The maximum Gasteiger partial charge on any atom is 0.244 e. The van der Waals surface area contributed by atoms with E-state index in [1.54, 1.807) is 0 Å². The van der Waals surface area contributed by atoms with Crippen molar-refractivity contribution in [3.63, 3.8) is 0 Å². The first-order valence-electron chi connectivity index (χ1n) is 1.26. The van der Waals surface area contributed by atoms with Crippen molar-refractivity contribution in [2.24, 2.45) is 0 Å². The number of amides is 1. The number of alkyl halides is 1. The zero-order chi connectivity index (χ0) is 4.99.